The van der Waals surface area contributed by atoms with Gasteiger partial charge in [-0.05, 0) is 65.8 Å². The lowest BCUT2D eigenvalue weighted by Crippen LogP contribution is -2.56. The van der Waals surface area contributed by atoms with E-state index in [1.54, 1.807) is 58.3 Å². The van der Waals surface area contributed by atoms with Crippen molar-refractivity contribution in [2.24, 2.45) is 4.99 Å². The number of rotatable bonds is 8. The van der Waals surface area contributed by atoms with E-state index in [9.17, 15) is 9.59 Å². The lowest BCUT2D eigenvalue weighted by Gasteiger charge is -2.40. The standard InChI is InChI=1S/C25H34N6O3S2.C2H5NO/c1-16-13-30(10-11-31(16)24(33)34-25(4,5)6)23(32)19-8-9-21(27-12-19)28-15-35-14-20(26-7)22-17(2)29-18(3)36-22;1-3-2-4/h8-9,12,14,16H,7,10-11,13,15H2,1-6H3,(H,27,28);2H,1H3,(H,3,4)/b20-14-;. The molecule has 1 unspecified atom stereocenters. The summed E-state index contributed by atoms with van der Waals surface area (Å²) in [5.41, 5.74) is 1.72. The number of carbonyl (C=O) groups is 3. The molecule has 0 saturated carbocycles. The summed E-state index contributed by atoms with van der Waals surface area (Å²) in [6, 6.07) is 3.42. The molecular formula is C27H39N7O4S2. The number of ether oxygens (including phenoxy) is 1. The molecule has 1 fully saturated rings. The van der Waals surface area contributed by atoms with E-state index in [0.717, 1.165) is 21.3 Å². The quantitative estimate of drug-likeness (QED) is 0.201. The molecule has 40 heavy (non-hydrogen) atoms. The van der Waals surface area contributed by atoms with Crippen LogP contribution in [0.2, 0.25) is 0 Å². The molecule has 1 atom stereocenters. The second-order valence-electron chi connectivity index (χ2n) is 9.91. The van der Waals surface area contributed by atoms with Crippen LogP contribution in [0.1, 0.15) is 53.6 Å². The molecule has 3 rings (SSSR count). The Bertz CT molecular complexity index is 1190. The van der Waals surface area contributed by atoms with E-state index in [4.69, 9.17) is 9.53 Å². The van der Waals surface area contributed by atoms with Crippen LogP contribution in [-0.2, 0) is 9.53 Å². The van der Waals surface area contributed by atoms with Gasteiger partial charge in [0, 0.05) is 38.9 Å². The third-order valence-electron chi connectivity index (χ3n) is 5.51. The SMILES string of the molecule is C=N/C(=C\SCNc1ccc(C(=O)N2CCN(C(=O)OC(C)(C)C)C(C)C2)cn1)c1sc(C)nc1C.CNC=O. The number of nitrogens with one attached hydrogen (secondary N) is 2. The third kappa shape index (κ3) is 9.94. The zero-order valence-electron chi connectivity index (χ0n) is 24.2. The molecule has 3 amide bonds. The largest absolute Gasteiger partial charge is 0.444 e. The molecule has 11 nitrogen and oxygen atoms in total. The van der Waals surface area contributed by atoms with Gasteiger partial charge in [-0.3, -0.25) is 14.6 Å². The Hall–Kier alpha value is -3.45. The van der Waals surface area contributed by atoms with Crippen LogP contribution < -0.4 is 10.6 Å². The monoisotopic (exact) mass is 589 g/mol. The van der Waals surface area contributed by atoms with Crippen molar-refractivity contribution in [1.82, 2.24) is 25.1 Å². The maximum Gasteiger partial charge on any atom is 0.410 e. The van der Waals surface area contributed by atoms with Crippen molar-refractivity contribution in [1.29, 1.82) is 0 Å². The number of hydrogen-bond donors (Lipinski definition) is 2. The van der Waals surface area contributed by atoms with E-state index < -0.39 is 5.60 Å². The van der Waals surface area contributed by atoms with Gasteiger partial charge in [-0.2, -0.15) is 0 Å². The first-order chi connectivity index (χ1) is 18.9. The molecule has 2 aromatic heterocycles. The summed E-state index contributed by atoms with van der Waals surface area (Å²) < 4.78 is 5.48. The number of thioether (sulfide) groups is 1. The van der Waals surface area contributed by atoms with Crippen molar-refractivity contribution in [2.45, 2.75) is 53.2 Å². The molecule has 2 N–H and O–H groups in total. The summed E-state index contributed by atoms with van der Waals surface area (Å²) in [7, 11) is 1.56. The van der Waals surface area contributed by atoms with Gasteiger partial charge in [-0.15, -0.1) is 23.1 Å². The molecule has 0 aromatic carbocycles. The van der Waals surface area contributed by atoms with Gasteiger partial charge < -0.3 is 25.2 Å². The number of piperazine rings is 1. The van der Waals surface area contributed by atoms with E-state index in [2.05, 4.69) is 32.3 Å². The summed E-state index contributed by atoms with van der Waals surface area (Å²) in [4.78, 5) is 51.9. The second-order valence-corrected chi connectivity index (χ2v) is 12.0. The summed E-state index contributed by atoms with van der Waals surface area (Å²) in [6.45, 7) is 16.4. The van der Waals surface area contributed by atoms with E-state index in [1.165, 1.54) is 0 Å². The predicted octanol–water partition coefficient (Wildman–Crippen LogP) is 4.40. The fraction of sp³-hybridized carbons (Fsp3) is 0.481. The van der Waals surface area contributed by atoms with Crippen molar-refractivity contribution in [3.8, 4) is 0 Å². The van der Waals surface area contributed by atoms with Crippen LogP contribution in [0.3, 0.4) is 0 Å². The number of aryl methyl sites for hydroxylation is 2. The Morgan fingerprint density at radius 1 is 1.30 bits per heavy atom. The molecule has 13 heteroatoms. The lowest BCUT2D eigenvalue weighted by atomic mass is 10.1. The van der Waals surface area contributed by atoms with Crippen molar-refractivity contribution < 1.29 is 19.1 Å². The number of aromatic nitrogens is 2. The number of nitrogens with zero attached hydrogens (tertiary/aromatic N) is 5. The number of amides is 3. The molecular weight excluding hydrogens is 550 g/mol. The normalized spacial score (nSPS) is 15.5. The second kappa shape index (κ2) is 15.4. The fourth-order valence-electron chi connectivity index (χ4n) is 3.71. The molecule has 1 aliphatic rings. The smallest absolute Gasteiger partial charge is 0.410 e. The minimum Gasteiger partial charge on any atom is -0.444 e. The summed E-state index contributed by atoms with van der Waals surface area (Å²) in [5, 5.41) is 8.44. The molecule has 0 radical (unpaired) electrons. The first-order valence-corrected chi connectivity index (χ1v) is 14.6. The average molecular weight is 590 g/mol. The topological polar surface area (TPSA) is 129 Å². The number of carbonyl (C=O) groups excluding carboxylic acids is 3. The Morgan fingerprint density at radius 3 is 2.50 bits per heavy atom. The van der Waals surface area contributed by atoms with Crippen LogP contribution in [0.4, 0.5) is 10.6 Å². The Balaban J connectivity index is 0.00000131. The molecule has 1 saturated heterocycles. The first kappa shape index (κ1) is 32.8. The van der Waals surface area contributed by atoms with Gasteiger partial charge in [0.2, 0.25) is 6.41 Å². The summed E-state index contributed by atoms with van der Waals surface area (Å²) in [6.07, 6.45) is 1.86. The van der Waals surface area contributed by atoms with Gasteiger partial charge in [0.05, 0.1) is 32.7 Å². The summed E-state index contributed by atoms with van der Waals surface area (Å²) in [5.74, 6) is 1.16. The summed E-state index contributed by atoms with van der Waals surface area (Å²) >= 11 is 3.15. The van der Waals surface area contributed by atoms with Crippen LogP contribution in [0, 0.1) is 13.8 Å². The highest BCUT2D eigenvalue weighted by Crippen LogP contribution is 2.28. The highest BCUT2D eigenvalue weighted by Gasteiger charge is 2.32. The van der Waals surface area contributed by atoms with Gasteiger partial charge in [0.1, 0.15) is 11.4 Å². The maximum absolute atomic E-state index is 13.0. The van der Waals surface area contributed by atoms with Crippen LogP contribution >= 0.6 is 23.1 Å². The van der Waals surface area contributed by atoms with Crippen molar-refractivity contribution in [2.75, 3.05) is 37.9 Å². The van der Waals surface area contributed by atoms with Gasteiger partial charge in [-0.1, -0.05) is 0 Å². The van der Waals surface area contributed by atoms with Gasteiger partial charge >= 0.3 is 6.09 Å². The van der Waals surface area contributed by atoms with E-state index in [1.807, 2.05) is 47.0 Å². The van der Waals surface area contributed by atoms with Crippen LogP contribution in [0.5, 0.6) is 0 Å². The zero-order chi connectivity index (χ0) is 29.9. The lowest BCUT2D eigenvalue weighted by molar-refractivity contribution is -0.109. The number of thiazole rings is 1. The van der Waals surface area contributed by atoms with Crippen LogP contribution in [0.15, 0.2) is 28.7 Å². The maximum atomic E-state index is 13.0. The average Bonchev–Trinajstić information content (AvgIpc) is 3.25. The fourth-order valence-corrected chi connectivity index (χ4v) is 5.35. The molecule has 0 bridgehead atoms. The van der Waals surface area contributed by atoms with Crippen LogP contribution in [0.25, 0.3) is 5.70 Å². The zero-order valence-corrected chi connectivity index (χ0v) is 25.8. The van der Waals surface area contributed by atoms with Gasteiger partial charge in [0.25, 0.3) is 5.91 Å². The molecule has 1 aliphatic heterocycles. The predicted molar refractivity (Wildman–Crippen MR) is 163 cm³/mol. The van der Waals surface area contributed by atoms with Crippen LogP contribution in [-0.4, -0.2) is 89.1 Å². The van der Waals surface area contributed by atoms with Crippen molar-refractivity contribution in [3.05, 3.63) is 44.9 Å². The Labute approximate surface area is 244 Å². The highest BCUT2D eigenvalue weighted by atomic mass is 32.2. The number of pyridine rings is 1. The van der Waals surface area contributed by atoms with Crippen molar-refractivity contribution in [3.63, 3.8) is 0 Å². The Morgan fingerprint density at radius 2 is 2.00 bits per heavy atom. The number of aliphatic imine (C=N–C) groups is 1. The highest BCUT2D eigenvalue weighted by molar-refractivity contribution is 8.02. The van der Waals surface area contributed by atoms with E-state index >= 15 is 0 Å². The molecule has 0 aliphatic carbocycles. The number of anilines is 1. The molecule has 0 spiro atoms. The molecule has 3 heterocycles. The first-order valence-electron chi connectivity index (χ1n) is 12.7. The molecule has 218 valence electrons. The third-order valence-corrected chi connectivity index (χ3v) is 7.31. The molecule has 2 aromatic rings. The van der Waals surface area contributed by atoms with Gasteiger partial charge in [0.15, 0.2) is 0 Å². The van der Waals surface area contributed by atoms with E-state index in [-0.39, 0.29) is 18.0 Å². The van der Waals surface area contributed by atoms with Crippen molar-refractivity contribution >= 4 is 59.7 Å². The van der Waals surface area contributed by atoms with Gasteiger partial charge in [-0.25, -0.2) is 14.8 Å². The Kier molecular flexibility index (Phi) is 12.6. The van der Waals surface area contributed by atoms with E-state index in [0.29, 0.717) is 43.3 Å². The minimum atomic E-state index is -0.551. The number of hydrogen-bond acceptors (Lipinski definition) is 10. The minimum absolute atomic E-state index is 0.0982.